The lowest BCUT2D eigenvalue weighted by molar-refractivity contribution is 0.277. The number of aliphatic hydroxyl groups excluding tert-OH is 1. The minimum absolute atomic E-state index is 0.121. The van der Waals surface area contributed by atoms with Crippen molar-refractivity contribution in [3.63, 3.8) is 0 Å². The lowest BCUT2D eigenvalue weighted by Crippen LogP contribution is -2.40. The molecule has 0 aliphatic heterocycles. The lowest BCUT2D eigenvalue weighted by atomic mass is 10.0. The number of ether oxygens (including phenoxy) is 1. The maximum absolute atomic E-state index is 12.9. The Morgan fingerprint density at radius 1 is 1.12 bits per heavy atom. The molecule has 0 saturated heterocycles. The molecule has 0 fully saturated rings. The van der Waals surface area contributed by atoms with E-state index in [1.807, 2.05) is 37.3 Å². The van der Waals surface area contributed by atoms with Crippen LogP contribution in [0, 0.1) is 12.8 Å². The van der Waals surface area contributed by atoms with Gasteiger partial charge in [0.15, 0.2) is 5.90 Å². The molecule has 1 unspecified atom stereocenters. The van der Waals surface area contributed by atoms with Gasteiger partial charge in [-0.15, -0.1) is 0 Å². The van der Waals surface area contributed by atoms with Gasteiger partial charge in [0, 0.05) is 26.1 Å². The van der Waals surface area contributed by atoms with Crippen LogP contribution in [0.15, 0.2) is 63.1 Å². The third-order valence-corrected chi connectivity index (χ3v) is 6.23. The molecule has 3 rings (SSSR count). The van der Waals surface area contributed by atoms with Crippen LogP contribution in [0.5, 0.6) is 5.75 Å². The van der Waals surface area contributed by atoms with Gasteiger partial charge in [0.05, 0.1) is 10.6 Å². The summed E-state index contributed by atoms with van der Waals surface area (Å²) >= 11 is 12.5. The Balaban J connectivity index is 2.12. The number of aliphatic hydroxyl groups is 1. The predicted octanol–water partition coefficient (Wildman–Crippen LogP) is 4.53. The molecule has 0 spiro atoms. The molecular formula is C25H27Cl2N3O4. The maximum atomic E-state index is 12.9. The monoisotopic (exact) mass is 503 g/mol. The van der Waals surface area contributed by atoms with Crippen LogP contribution in [-0.2, 0) is 20.0 Å². The molecule has 0 aliphatic carbocycles. The van der Waals surface area contributed by atoms with E-state index < -0.39 is 11.2 Å². The van der Waals surface area contributed by atoms with E-state index in [4.69, 9.17) is 33.0 Å². The molecule has 0 aliphatic rings. The number of aromatic nitrogens is 2. The fourth-order valence-corrected chi connectivity index (χ4v) is 3.89. The zero-order valence-electron chi connectivity index (χ0n) is 19.3. The van der Waals surface area contributed by atoms with Crippen molar-refractivity contribution < 1.29 is 9.84 Å². The van der Waals surface area contributed by atoms with E-state index in [-0.39, 0.29) is 29.9 Å². The van der Waals surface area contributed by atoms with Gasteiger partial charge in [-0.2, -0.15) is 4.99 Å². The second-order valence-electron chi connectivity index (χ2n) is 8.02. The molecule has 7 nitrogen and oxygen atoms in total. The van der Waals surface area contributed by atoms with E-state index in [9.17, 15) is 9.59 Å². The van der Waals surface area contributed by atoms with E-state index in [1.165, 1.54) is 4.57 Å². The van der Waals surface area contributed by atoms with Gasteiger partial charge in [0.25, 0.3) is 5.56 Å². The van der Waals surface area contributed by atoms with E-state index in [2.05, 4.69) is 4.99 Å². The zero-order chi connectivity index (χ0) is 24.8. The van der Waals surface area contributed by atoms with Crippen LogP contribution in [-0.4, -0.2) is 26.7 Å². The van der Waals surface area contributed by atoms with Crippen LogP contribution in [0.3, 0.4) is 0 Å². The van der Waals surface area contributed by atoms with Gasteiger partial charge in [-0.05, 0) is 37.5 Å². The van der Waals surface area contributed by atoms with Crippen molar-refractivity contribution in [3.8, 4) is 5.75 Å². The second-order valence-corrected chi connectivity index (χ2v) is 8.80. The number of halogens is 2. The summed E-state index contributed by atoms with van der Waals surface area (Å²) < 4.78 is 8.54. The molecule has 180 valence electrons. The molecule has 0 amide bonds. The molecule has 1 heterocycles. The normalized spacial score (nSPS) is 12.6. The summed E-state index contributed by atoms with van der Waals surface area (Å²) in [5.41, 5.74) is 0.406. The predicted molar refractivity (Wildman–Crippen MR) is 136 cm³/mol. The summed E-state index contributed by atoms with van der Waals surface area (Å²) in [5.74, 6) is 0.595. The maximum Gasteiger partial charge on any atom is 0.332 e. The molecule has 3 aromatic rings. The van der Waals surface area contributed by atoms with E-state index >= 15 is 0 Å². The Hall–Kier alpha value is -2.87. The van der Waals surface area contributed by atoms with Gasteiger partial charge in [0.1, 0.15) is 16.6 Å². The Kier molecular flexibility index (Phi) is 8.72. The number of hydrogen-bond donors (Lipinski definition) is 1. The van der Waals surface area contributed by atoms with E-state index in [0.717, 1.165) is 10.1 Å². The first-order chi connectivity index (χ1) is 16.2. The molecule has 9 heteroatoms. The van der Waals surface area contributed by atoms with Crippen molar-refractivity contribution in [1.82, 2.24) is 9.13 Å². The van der Waals surface area contributed by atoms with Crippen LogP contribution >= 0.6 is 23.2 Å². The number of rotatable bonds is 8. The fraction of sp³-hybridized carbons (Fsp3) is 0.320. The molecule has 0 bridgehead atoms. The topological polar surface area (TPSA) is 85.8 Å². The minimum atomic E-state index is -0.515. The number of hydrogen-bond acceptors (Lipinski definition) is 5. The van der Waals surface area contributed by atoms with Crippen molar-refractivity contribution in [2.24, 2.45) is 18.0 Å². The minimum Gasteiger partial charge on any atom is -0.441 e. The van der Waals surface area contributed by atoms with E-state index in [0.29, 0.717) is 35.1 Å². The number of benzene rings is 2. The van der Waals surface area contributed by atoms with Crippen LogP contribution in [0.1, 0.15) is 24.5 Å². The first kappa shape index (κ1) is 25.7. The Morgan fingerprint density at radius 2 is 1.82 bits per heavy atom. The summed E-state index contributed by atoms with van der Waals surface area (Å²) in [6.45, 7) is 3.56. The molecule has 0 radical (unpaired) electrons. The van der Waals surface area contributed by atoms with Crippen molar-refractivity contribution in [1.29, 1.82) is 0 Å². The summed E-state index contributed by atoms with van der Waals surface area (Å²) in [5, 5.41) is 9.68. The van der Waals surface area contributed by atoms with Gasteiger partial charge in [-0.3, -0.25) is 13.9 Å². The number of nitrogens with zero attached hydrogens (tertiary/aromatic N) is 3. The summed E-state index contributed by atoms with van der Waals surface area (Å²) in [4.78, 5) is 30.4. The quantitative estimate of drug-likeness (QED) is 0.361. The molecular weight excluding hydrogens is 477 g/mol. The fourth-order valence-electron chi connectivity index (χ4n) is 3.56. The molecule has 1 aromatic heterocycles. The summed E-state index contributed by atoms with van der Waals surface area (Å²) in [6, 6.07) is 14.9. The number of aliphatic imine (C=N–C) groups is 1. The van der Waals surface area contributed by atoms with Crippen LogP contribution in [0.4, 0.5) is 5.82 Å². The SMILES string of the molecule is Cc1c(N=C(Oc2cccc(Cl)c2Cl)C(C)Cc2ccccc2)n(C)c(=O)n(CCCO)c1=O. The van der Waals surface area contributed by atoms with Crippen molar-refractivity contribution in [2.75, 3.05) is 6.61 Å². The van der Waals surface area contributed by atoms with Crippen LogP contribution < -0.4 is 16.0 Å². The average molecular weight is 504 g/mol. The van der Waals surface area contributed by atoms with Crippen molar-refractivity contribution in [3.05, 3.63) is 90.5 Å². The average Bonchev–Trinajstić information content (AvgIpc) is 2.83. The standard InChI is InChI=1S/C25H27Cl2N3O4/c1-16(15-18-9-5-4-6-10-18)23(34-20-12-7-11-19(26)21(20)27)28-22-17(2)24(32)30(13-8-14-31)25(33)29(22)3/h4-7,9-12,16,31H,8,13-15H2,1-3H3. The van der Waals surface area contributed by atoms with Crippen molar-refractivity contribution >= 4 is 34.9 Å². The van der Waals surface area contributed by atoms with Gasteiger partial charge in [0.2, 0.25) is 0 Å². The van der Waals surface area contributed by atoms with Crippen molar-refractivity contribution in [2.45, 2.75) is 33.2 Å². The molecule has 0 saturated carbocycles. The van der Waals surface area contributed by atoms with E-state index in [1.54, 1.807) is 32.2 Å². The first-order valence-corrected chi connectivity index (χ1v) is 11.7. The first-order valence-electron chi connectivity index (χ1n) is 10.9. The summed E-state index contributed by atoms with van der Waals surface area (Å²) in [6.07, 6.45) is 0.908. The zero-order valence-corrected chi connectivity index (χ0v) is 20.8. The van der Waals surface area contributed by atoms with Gasteiger partial charge in [-0.25, -0.2) is 4.79 Å². The van der Waals surface area contributed by atoms with Crippen LogP contribution in [0.2, 0.25) is 10.0 Å². The van der Waals surface area contributed by atoms with Gasteiger partial charge >= 0.3 is 5.69 Å². The highest BCUT2D eigenvalue weighted by Crippen LogP contribution is 2.32. The molecule has 34 heavy (non-hydrogen) atoms. The van der Waals surface area contributed by atoms with Gasteiger partial charge in [-0.1, -0.05) is 66.5 Å². The Bertz CT molecular complexity index is 1260. The largest absolute Gasteiger partial charge is 0.441 e. The second kappa shape index (κ2) is 11.5. The highest BCUT2D eigenvalue weighted by atomic mass is 35.5. The third-order valence-electron chi connectivity index (χ3n) is 5.43. The van der Waals surface area contributed by atoms with Gasteiger partial charge < -0.3 is 9.84 Å². The highest BCUT2D eigenvalue weighted by Gasteiger charge is 2.20. The summed E-state index contributed by atoms with van der Waals surface area (Å²) in [7, 11) is 1.55. The Labute approximate surface area is 207 Å². The van der Waals surface area contributed by atoms with Crippen LogP contribution in [0.25, 0.3) is 0 Å². The third kappa shape index (κ3) is 5.78. The molecule has 1 atom stereocenters. The highest BCUT2D eigenvalue weighted by molar-refractivity contribution is 6.43. The molecule has 2 aromatic carbocycles. The smallest absolute Gasteiger partial charge is 0.332 e. The molecule has 1 N–H and O–H groups in total. The lowest BCUT2D eigenvalue weighted by Gasteiger charge is -2.19. The Morgan fingerprint density at radius 3 is 2.50 bits per heavy atom.